The second-order valence-corrected chi connectivity index (χ2v) is 6.57. The van der Waals surface area contributed by atoms with E-state index in [1.54, 1.807) is 12.1 Å². The van der Waals surface area contributed by atoms with E-state index >= 15 is 0 Å². The Bertz CT molecular complexity index is 601. The van der Waals surface area contributed by atoms with Gasteiger partial charge in [0.25, 0.3) is 0 Å². The minimum Gasteiger partial charge on any atom is -0.480 e. The van der Waals surface area contributed by atoms with E-state index in [9.17, 15) is 14.7 Å². The summed E-state index contributed by atoms with van der Waals surface area (Å²) >= 11 is 5.97. The Balaban J connectivity index is 1.89. The molecule has 1 aromatic rings. The van der Waals surface area contributed by atoms with Crippen molar-refractivity contribution >= 4 is 23.5 Å². The minimum absolute atomic E-state index is 0.149. The molecule has 0 bridgehead atoms. The molecule has 1 aromatic carbocycles. The minimum atomic E-state index is -0.933. The molecule has 0 aliphatic carbocycles. The summed E-state index contributed by atoms with van der Waals surface area (Å²) in [7, 11) is 0. The predicted octanol–water partition coefficient (Wildman–Crippen LogP) is 1.79. The van der Waals surface area contributed by atoms with E-state index in [4.69, 9.17) is 16.3 Å². The molecule has 2 aliphatic heterocycles. The van der Waals surface area contributed by atoms with Gasteiger partial charge in [0.2, 0.25) is 5.91 Å². The van der Waals surface area contributed by atoms with Gasteiger partial charge in [-0.15, -0.1) is 0 Å². The normalized spacial score (nSPS) is 23.2. The van der Waals surface area contributed by atoms with E-state index < -0.39 is 18.1 Å². The Morgan fingerprint density at radius 1 is 1.17 bits per heavy atom. The average Bonchev–Trinajstić information content (AvgIpc) is 3.08. The molecule has 1 N–H and O–H groups in total. The van der Waals surface area contributed by atoms with Gasteiger partial charge in [-0.3, -0.25) is 9.69 Å². The van der Waals surface area contributed by atoms with Crippen molar-refractivity contribution in [1.29, 1.82) is 0 Å². The number of ether oxygens (including phenoxy) is 1. The van der Waals surface area contributed by atoms with E-state index in [0.717, 1.165) is 12.0 Å². The highest BCUT2D eigenvalue weighted by molar-refractivity contribution is 6.30. The first kappa shape index (κ1) is 17.2. The number of morpholine rings is 1. The number of likely N-dealkylation sites (tertiary alicyclic amines) is 1. The summed E-state index contributed by atoms with van der Waals surface area (Å²) in [6, 6.07) is 5.98. The first-order valence-electron chi connectivity index (χ1n) is 8.18. The van der Waals surface area contributed by atoms with Crippen molar-refractivity contribution in [2.45, 2.75) is 24.9 Å². The number of aliphatic carboxylic acids is 1. The van der Waals surface area contributed by atoms with Crippen LogP contribution in [0.25, 0.3) is 0 Å². The highest BCUT2D eigenvalue weighted by Crippen LogP contribution is 2.29. The van der Waals surface area contributed by atoms with Gasteiger partial charge in [-0.05, 0) is 30.5 Å². The molecule has 2 aliphatic rings. The number of amides is 1. The molecule has 130 valence electrons. The quantitative estimate of drug-likeness (QED) is 0.894. The maximum absolute atomic E-state index is 13.2. The van der Waals surface area contributed by atoms with Crippen molar-refractivity contribution in [1.82, 2.24) is 9.80 Å². The van der Waals surface area contributed by atoms with Crippen LogP contribution in [0, 0.1) is 0 Å². The predicted molar refractivity (Wildman–Crippen MR) is 89.0 cm³/mol. The van der Waals surface area contributed by atoms with E-state index in [1.165, 1.54) is 4.90 Å². The van der Waals surface area contributed by atoms with Crippen molar-refractivity contribution in [3.63, 3.8) is 0 Å². The lowest BCUT2D eigenvalue weighted by Gasteiger charge is -2.36. The van der Waals surface area contributed by atoms with Crippen molar-refractivity contribution < 1.29 is 19.4 Å². The molecule has 3 rings (SSSR count). The van der Waals surface area contributed by atoms with Crippen LogP contribution >= 0.6 is 11.6 Å². The fourth-order valence-corrected chi connectivity index (χ4v) is 3.56. The molecule has 2 heterocycles. The van der Waals surface area contributed by atoms with Crippen LogP contribution in [-0.4, -0.2) is 65.7 Å². The number of carbonyl (C=O) groups is 2. The lowest BCUT2D eigenvalue weighted by molar-refractivity contribution is -0.151. The van der Waals surface area contributed by atoms with Crippen LogP contribution < -0.4 is 0 Å². The topological polar surface area (TPSA) is 70.1 Å². The Kier molecular flexibility index (Phi) is 5.38. The molecule has 0 spiro atoms. The highest BCUT2D eigenvalue weighted by Gasteiger charge is 2.40. The zero-order valence-corrected chi connectivity index (χ0v) is 14.1. The van der Waals surface area contributed by atoms with Crippen molar-refractivity contribution in [3.8, 4) is 0 Å². The summed E-state index contributed by atoms with van der Waals surface area (Å²) in [5, 5.41) is 9.99. The van der Waals surface area contributed by atoms with Crippen molar-refractivity contribution in [3.05, 3.63) is 34.9 Å². The van der Waals surface area contributed by atoms with Gasteiger partial charge in [0, 0.05) is 24.7 Å². The average molecular weight is 353 g/mol. The van der Waals surface area contributed by atoms with Crippen LogP contribution in [0.3, 0.4) is 0 Å². The molecule has 7 heteroatoms. The van der Waals surface area contributed by atoms with Gasteiger partial charge < -0.3 is 14.7 Å². The zero-order valence-electron chi connectivity index (χ0n) is 13.4. The molecule has 24 heavy (non-hydrogen) atoms. The number of halogens is 1. The molecule has 6 nitrogen and oxygen atoms in total. The van der Waals surface area contributed by atoms with E-state index in [0.29, 0.717) is 44.3 Å². The number of benzene rings is 1. The van der Waals surface area contributed by atoms with Crippen molar-refractivity contribution in [2.75, 3.05) is 32.8 Å². The van der Waals surface area contributed by atoms with E-state index in [-0.39, 0.29) is 5.91 Å². The molecule has 2 fully saturated rings. The molecular weight excluding hydrogens is 332 g/mol. The van der Waals surface area contributed by atoms with Gasteiger partial charge in [-0.25, -0.2) is 4.79 Å². The molecular formula is C17H21ClN2O4. The van der Waals surface area contributed by atoms with Gasteiger partial charge in [0.1, 0.15) is 12.1 Å². The van der Waals surface area contributed by atoms with Gasteiger partial charge in [-0.1, -0.05) is 23.7 Å². The van der Waals surface area contributed by atoms with Crippen LogP contribution in [0.1, 0.15) is 24.4 Å². The fraction of sp³-hybridized carbons (Fsp3) is 0.529. The standard InChI is InChI=1S/C17H21ClN2O4/c18-13-5-3-12(4-6-13)15(19-8-10-24-11-9-19)16(21)20-7-1-2-14(20)17(22)23/h3-6,14-15H,1-2,7-11H2,(H,22,23). The second kappa shape index (κ2) is 7.51. The van der Waals surface area contributed by atoms with Crippen LogP contribution in [-0.2, 0) is 14.3 Å². The SMILES string of the molecule is O=C(O)C1CCCN1C(=O)C(c1ccc(Cl)cc1)N1CCOCC1. The Labute approximate surface area is 145 Å². The molecule has 2 atom stereocenters. The van der Waals surface area contributed by atoms with Crippen LogP contribution in [0.5, 0.6) is 0 Å². The zero-order chi connectivity index (χ0) is 17.1. The summed E-state index contributed by atoms with van der Waals surface area (Å²) in [4.78, 5) is 28.2. The van der Waals surface area contributed by atoms with E-state index in [1.807, 2.05) is 12.1 Å². The van der Waals surface area contributed by atoms with E-state index in [2.05, 4.69) is 4.90 Å². The van der Waals surface area contributed by atoms with Crippen LogP contribution in [0.2, 0.25) is 5.02 Å². The molecule has 2 unspecified atom stereocenters. The fourth-order valence-electron chi connectivity index (χ4n) is 3.43. The number of nitrogens with zero attached hydrogens (tertiary/aromatic N) is 2. The Hall–Kier alpha value is -1.63. The summed E-state index contributed by atoms with van der Waals surface area (Å²) in [6.45, 7) is 2.92. The summed E-state index contributed by atoms with van der Waals surface area (Å²) in [5.74, 6) is -1.08. The van der Waals surface area contributed by atoms with Gasteiger partial charge in [-0.2, -0.15) is 0 Å². The number of carbonyl (C=O) groups excluding carboxylic acids is 1. The maximum atomic E-state index is 13.2. The van der Waals surface area contributed by atoms with Gasteiger partial charge >= 0.3 is 5.97 Å². The highest BCUT2D eigenvalue weighted by atomic mass is 35.5. The smallest absolute Gasteiger partial charge is 0.326 e. The molecule has 2 saturated heterocycles. The number of hydrogen-bond donors (Lipinski definition) is 1. The third-order valence-corrected chi connectivity index (χ3v) is 4.90. The summed E-state index contributed by atoms with van der Waals surface area (Å²) in [5.41, 5.74) is 0.835. The van der Waals surface area contributed by atoms with Crippen LogP contribution in [0.4, 0.5) is 0 Å². The number of carboxylic acid groups (broad SMARTS) is 1. The molecule has 0 aromatic heterocycles. The summed E-state index contributed by atoms with van der Waals surface area (Å²) in [6.07, 6.45) is 1.23. The lowest BCUT2D eigenvalue weighted by Crippen LogP contribution is -2.49. The molecule has 1 amide bonds. The third kappa shape index (κ3) is 3.55. The number of hydrogen-bond acceptors (Lipinski definition) is 4. The molecule has 0 radical (unpaired) electrons. The number of carboxylic acids is 1. The van der Waals surface area contributed by atoms with Crippen LogP contribution in [0.15, 0.2) is 24.3 Å². The molecule has 0 saturated carbocycles. The van der Waals surface area contributed by atoms with Gasteiger partial charge in [0.05, 0.1) is 13.2 Å². The number of rotatable bonds is 4. The van der Waals surface area contributed by atoms with Gasteiger partial charge in [0.15, 0.2) is 0 Å². The second-order valence-electron chi connectivity index (χ2n) is 6.13. The summed E-state index contributed by atoms with van der Waals surface area (Å²) < 4.78 is 5.39. The first-order chi connectivity index (χ1) is 11.6. The van der Waals surface area contributed by atoms with Crippen molar-refractivity contribution in [2.24, 2.45) is 0 Å². The maximum Gasteiger partial charge on any atom is 0.326 e. The lowest BCUT2D eigenvalue weighted by atomic mass is 10.0. The first-order valence-corrected chi connectivity index (χ1v) is 8.56. The third-order valence-electron chi connectivity index (χ3n) is 4.65. The largest absolute Gasteiger partial charge is 0.480 e. The Morgan fingerprint density at radius 2 is 1.83 bits per heavy atom. The monoisotopic (exact) mass is 352 g/mol. The Morgan fingerprint density at radius 3 is 2.46 bits per heavy atom.